The predicted octanol–water partition coefficient (Wildman–Crippen LogP) is 2.64. The highest BCUT2D eigenvalue weighted by Gasteiger charge is 2.19. The molecule has 0 aliphatic carbocycles. The number of carbonyl (C=O) groups is 2. The van der Waals surface area contributed by atoms with Crippen LogP contribution in [0.15, 0.2) is 54.6 Å². The summed E-state index contributed by atoms with van der Waals surface area (Å²) < 4.78 is 5.14. The van der Waals surface area contributed by atoms with Gasteiger partial charge < -0.3 is 15.2 Å². The molecule has 0 heterocycles. The molecule has 2 aromatic carbocycles. The van der Waals surface area contributed by atoms with Gasteiger partial charge in [-0.1, -0.05) is 30.3 Å². The van der Waals surface area contributed by atoms with Gasteiger partial charge in [0, 0.05) is 5.56 Å². The lowest BCUT2D eigenvalue weighted by molar-refractivity contribution is -0.137. The molecule has 0 saturated heterocycles. The number of nitrogens with one attached hydrogen (secondary N) is 1. The van der Waals surface area contributed by atoms with Gasteiger partial charge in [0.15, 0.2) is 0 Å². The molecule has 0 saturated carbocycles. The van der Waals surface area contributed by atoms with Crippen LogP contribution in [0.5, 0.6) is 5.75 Å². The van der Waals surface area contributed by atoms with E-state index in [1.807, 2.05) is 6.07 Å². The average Bonchev–Trinajstić information content (AvgIpc) is 2.54. The van der Waals surface area contributed by atoms with Gasteiger partial charge in [-0.25, -0.2) is 0 Å². The van der Waals surface area contributed by atoms with E-state index in [0.717, 1.165) is 0 Å². The van der Waals surface area contributed by atoms with Gasteiger partial charge in [0.05, 0.1) is 19.6 Å². The summed E-state index contributed by atoms with van der Waals surface area (Å²) in [6.45, 7) is 0. The van der Waals surface area contributed by atoms with E-state index in [1.165, 1.54) is 7.11 Å². The molecule has 0 fully saturated rings. The maximum Gasteiger partial charge on any atom is 0.305 e. The zero-order valence-electron chi connectivity index (χ0n) is 12.2. The number of ether oxygens (including phenoxy) is 1. The summed E-state index contributed by atoms with van der Waals surface area (Å²) in [6, 6.07) is 15.1. The predicted molar refractivity (Wildman–Crippen MR) is 81.9 cm³/mol. The lowest BCUT2D eigenvalue weighted by Crippen LogP contribution is -2.30. The van der Waals surface area contributed by atoms with Crippen molar-refractivity contribution in [3.63, 3.8) is 0 Å². The van der Waals surface area contributed by atoms with Crippen LogP contribution in [0.2, 0.25) is 0 Å². The molecule has 0 spiro atoms. The molecule has 1 amide bonds. The topological polar surface area (TPSA) is 75.6 Å². The molecule has 0 aliphatic rings. The van der Waals surface area contributed by atoms with Crippen LogP contribution in [0, 0.1) is 0 Å². The first-order valence-electron chi connectivity index (χ1n) is 6.82. The Morgan fingerprint density at radius 1 is 1.14 bits per heavy atom. The highest BCUT2D eigenvalue weighted by atomic mass is 16.5. The molecule has 0 aromatic heterocycles. The van der Waals surface area contributed by atoms with E-state index in [0.29, 0.717) is 16.9 Å². The molecule has 0 unspecified atom stereocenters. The summed E-state index contributed by atoms with van der Waals surface area (Å²) in [5.74, 6) is -0.683. The summed E-state index contributed by atoms with van der Waals surface area (Å²) in [4.78, 5) is 23.3. The minimum atomic E-state index is -0.985. The second-order valence-corrected chi connectivity index (χ2v) is 4.77. The van der Waals surface area contributed by atoms with Crippen molar-refractivity contribution in [2.24, 2.45) is 0 Å². The van der Waals surface area contributed by atoms with Crippen molar-refractivity contribution < 1.29 is 19.4 Å². The Bertz CT molecular complexity index is 655. The fourth-order valence-electron chi connectivity index (χ4n) is 2.12. The lowest BCUT2D eigenvalue weighted by Gasteiger charge is -2.18. The summed E-state index contributed by atoms with van der Waals surface area (Å²) in [5.41, 5.74) is 1.17. The molecule has 1 atom stereocenters. The molecule has 2 rings (SSSR count). The molecular formula is C17H17NO4. The van der Waals surface area contributed by atoms with Gasteiger partial charge in [0.2, 0.25) is 0 Å². The highest BCUT2D eigenvalue weighted by Crippen LogP contribution is 2.22. The van der Waals surface area contributed by atoms with E-state index in [1.54, 1.807) is 48.5 Å². The fraction of sp³-hybridized carbons (Fsp3) is 0.176. The summed E-state index contributed by atoms with van der Waals surface area (Å²) in [7, 11) is 1.54. The first-order valence-corrected chi connectivity index (χ1v) is 6.82. The fourth-order valence-corrected chi connectivity index (χ4v) is 2.12. The second kappa shape index (κ2) is 7.26. The van der Waals surface area contributed by atoms with Gasteiger partial charge >= 0.3 is 5.97 Å². The van der Waals surface area contributed by atoms with Gasteiger partial charge in [-0.2, -0.15) is 0 Å². The maximum atomic E-state index is 12.2. The number of benzene rings is 2. The average molecular weight is 299 g/mol. The Morgan fingerprint density at radius 2 is 1.86 bits per heavy atom. The number of hydrogen-bond donors (Lipinski definition) is 2. The number of methoxy groups -OCH3 is 1. The molecule has 0 radical (unpaired) electrons. The van der Waals surface area contributed by atoms with Crippen LogP contribution in [0.3, 0.4) is 0 Å². The van der Waals surface area contributed by atoms with Crippen molar-refractivity contribution in [3.05, 3.63) is 65.7 Å². The lowest BCUT2D eigenvalue weighted by atomic mass is 10.0. The number of hydrogen-bond acceptors (Lipinski definition) is 3. The molecule has 2 aromatic rings. The number of carboxylic acid groups (broad SMARTS) is 1. The van der Waals surface area contributed by atoms with E-state index in [2.05, 4.69) is 5.32 Å². The number of amides is 1. The van der Waals surface area contributed by atoms with Crippen LogP contribution < -0.4 is 10.1 Å². The van der Waals surface area contributed by atoms with Crippen LogP contribution in [-0.4, -0.2) is 24.1 Å². The monoisotopic (exact) mass is 299 g/mol. The highest BCUT2D eigenvalue weighted by molar-refractivity contribution is 5.94. The minimum absolute atomic E-state index is 0.203. The van der Waals surface area contributed by atoms with Crippen molar-refractivity contribution in [1.29, 1.82) is 0 Å². The molecule has 114 valence electrons. The van der Waals surface area contributed by atoms with Crippen molar-refractivity contribution in [2.45, 2.75) is 12.5 Å². The van der Waals surface area contributed by atoms with Crippen molar-refractivity contribution in [3.8, 4) is 5.75 Å². The van der Waals surface area contributed by atoms with Crippen LogP contribution >= 0.6 is 0 Å². The molecule has 2 N–H and O–H groups in total. The third-order valence-electron chi connectivity index (χ3n) is 3.22. The zero-order chi connectivity index (χ0) is 15.9. The quantitative estimate of drug-likeness (QED) is 0.859. The molecule has 5 nitrogen and oxygen atoms in total. The SMILES string of the molecule is COc1cccc([C@H](CC(=O)O)NC(=O)c2ccccc2)c1. The van der Waals surface area contributed by atoms with Crippen LogP contribution in [0.25, 0.3) is 0 Å². The number of carbonyl (C=O) groups excluding carboxylic acids is 1. The Kier molecular flexibility index (Phi) is 5.14. The maximum absolute atomic E-state index is 12.2. The number of aliphatic carboxylic acids is 1. The molecule has 0 aliphatic heterocycles. The van der Waals surface area contributed by atoms with Gasteiger partial charge in [0.1, 0.15) is 5.75 Å². The third kappa shape index (κ3) is 4.09. The minimum Gasteiger partial charge on any atom is -0.497 e. The Labute approximate surface area is 128 Å². The summed E-state index contributed by atoms with van der Waals surface area (Å²) >= 11 is 0. The van der Waals surface area contributed by atoms with Gasteiger partial charge in [-0.05, 0) is 29.8 Å². The normalized spacial score (nSPS) is 11.5. The molecule has 0 bridgehead atoms. The number of carboxylic acids is 1. The Hall–Kier alpha value is -2.82. The van der Waals surface area contributed by atoms with E-state index in [-0.39, 0.29) is 12.3 Å². The summed E-state index contributed by atoms with van der Waals surface area (Å²) in [6.07, 6.45) is -0.203. The first kappa shape index (κ1) is 15.6. The van der Waals surface area contributed by atoms with E-state index in [4.69, 9.17) is 9.84 Å². The molecule has 5 heteroatoms. The second-order valence-electron chi connectivity index (χ2n) is 4.77. The van der Waals surface area contributed by atoms with Crippen LogP contribution in [0.1, 0.15) is 28.4 Å². The Morgan fingerprint density at radius 3 is 2.50 bits per heavy atom. The van der Waals surface area contributed by atoms with Crippen molar-refractivity contribution >= 4 is 11.9 Å². The van der Waals surface area contributed by atoms with Gasteiger partial charge in [0.25, 0.3) is 5.91 Å². The molecule has 22 heavy (non-hydrogen) atoms. The van der Waals surface area contributed by atoms with E-state index in [9.17, 15) is 9.59 Å². The third-order valence-corrected chi connectivity index (χ3v) is 3.22. The summed E-state index contributed by atoms with van der Waals surface area (Å²) in [5, 5.41) is 11.8. The van der Waals surface area contributed by atoms with E-state index < -0.39 is 12.0 Å². The van der Waals surface area contributed by atoms with Crippen molar-refractivity contribution in [1.82, 2.24) is 5.32 Å². The van der Waals surface area contributed by atoms with Gasteiger partial charge in [-0.3, -0.25) is 9.59 Å². The standard InChI is InChI=1S/C17H17NO4/c1-22-14-9-5-8-13(10-14)15(11-16(19)20)18-17(21)12-6-3-2-4-7-12/h2-10,15H,11H2,1H3,(H,18,21)(H,19,20)/t15-/m0/s1. The zero-order valence-corrected chi connectivity index (χ0v) is 12.2. The van der Waals surface area contributed by atoms with Gasteiger partial charge in [-0.15, -0.1) is 0 Å². The van der Waals surface area contributed by atoms with Crippen molar-refractivity contribution in [2.75, 3.05) is 7.11 Å². The smallest absolute Gasteiger partial charge is 0.305 e. The Balaban J connectivity index is 2.22. The first-order chi connectivity index (χ1) is 10.6. The molecular weight excluding hydrogens is 282 g/mol. The van der Waals surface area contributed by atoms with E-state index >= 15 is 0 Å². The van der Waals surface area contributed by atoms with Crippen LogP contribution in [-0.2, 0) is 4.79 Å². The largest absolute Gasteiger partial charge is 0.497 e. The number of rotatable bonds is 6. The van der Waals surface area contributed by atoms with Crippen LogP contribution in [0.4, 0.5) is 0 Å².